The SMILES string of the molecule is CPC(CC(C)(C)C)C(=O)OC(C(F)(F)F)C(F)(F)F. The van der Waals surface area contributed by atoms with Crippen LogP contribution in [0.4, 0.5) is 26.3 Å². The standard InChI is InChI=1S/C11H17F6O2P/c1-9(2,3)5-6(20-4)7(18)19-8(10(12,13)14)11(15,16)17/h6,8,20H,5H2,1-4H3. The van der Waals surface area contributed by atoms with Crippen LogP contribution in [0.15, 0.2) is 0 Å². The minimum atomic E-state index is -5.67. The molecule has 0 rings (SSSR count). The minimum Gasteiger partial charge on any atom is -0.442 e. The Bertz CT molecular complexity index is 317. The molecule has 0 bridgehead atoms. The first-order valence-corrected chi connectivity index (χ1v) is 7.27. The molecule has 0 spiro atoms. The van der Waals surface area contributed by atoms with Crippen LogP contribution in [0, 0.1) is 5.41 Å². The Balaban J connectivity index is 5.01. The van der Waals surface area contributed by atoms with E-state index in [0.717, 1.165) is 0 Å². The molecule has 0 saturated heterocycles. The highest BCUT2D eigenvalue weighted by atomic mass is 31.1. The molecule has 0 saturated carbocycles. The van der Waals surface area contributed by atoms with E-state index >= 15 is 0 Å². The predicted molar refractivity (Wildman–Crippen MR) is 64.1 cm³/mol. The van der Waals surface area contributed by atoms with E-state index in [1.807, 2.05) is 0 Å². The average molecular weight is 326 g/mol. The zero-order chi connectivity index (χ0) is 16.4. The first kappa shape index (κ1) is 19.5. The summed E-state index contributed by atoms with van der Waals surface area (Å²) in [5, 5.41) is 0. The van der Waals surface area contributed by atoms with Crippen molar-refractivity contribution >= 4 is 14.6 Å². The zero-order valence-corrected chi connectivity index (χ0v) is 12.4. The number of hydrogen-bond acceptors (Lipinski definition) is 2. The minimum absolute atomic E-state index is 0.140. The first-order valence-electron chi connectivity index (χ1n) is 5.69. The van der Waals surface area contributed by atoms with Crippen LogP contribution in [0.3, 0.4) is 0 Å². The lowest BCUT2D eigenvalue weighted by molar-refractivity contribution is -0.313. The monoisotopic (exact) mass is 326 g/mol. The van der Waals surface area contributed by atoms with Gasteiger partial charge in [-0.1, -0.05) is 20.8 Å². The van der Waals surface area contributed by atoms with Crippen molar-refractivity contribution in [1.82, 2.24) is 0 Å². The molecule has 0 aromatic rings. The van der Waals surface area contributed by atoms with Crippen molar-refractivity contribution in [3.8, 4) is 0 Å². The molecule has 0 aliphatic rings. The van der Waals surface area contributed by atoms with Gasteiger partial charge in [-0.25, -0.2) is 0 Å². The second kappa shape index (κ2) is 6.50. The van der Waals surface area contributed by atoms with Crippen LogP contribution in [0.25, 0.3) is 0 Å². The Morgan fingerprint density at radius 3 is 1.70 bits per heavy atom. The summed E-state index contributed by atoms with van der Waals surface area (Å²) in [5.41, 5.74) is -1.37. The lowest BCUT2D eigenvalue weighted by Gasteiger charge is -2.27. The Morgan fingerprint density at radius 2 is 1.45 bits per heavy atom. The Morgan fingerprint density at radius 1 is 1.05 bits per heavy atom. The van der Waals surface area contributed by atoms with Crippen molar-refractivity contribution < 1.29 is 35.9 Å². The summed E-state index contributed by atoms with van der Waals surface area (Å²) >= 11 is 0. The van der Waals surface area contributed by atoms with Crippen molar-refractivity contribution in [3.63, 3.8) is 0 Å². The topological polar surface area (TPSA) is 26.3 Å². The first-order chi connectivity index (χ1) is 8.68. The fourth-order valence-corrected chi connectivity index (χ4v) is 2.55. The van der Waals surface area contributed by atoms with Crippen LogP contribution in [-0.4, -0.2) is 36.7 Å². The van der Waals surface area contributed by atoms with Gasteiger partial charge in [0.05, 0.1) is 5.66 Å². The van der Waals surface area contributed by atoms with Gasteiger partial charge in [0.15, 0.2) is 0 Å². The van der Waals surface area contributed by atoms with Crippen molar-refractivity contribution in [1.29, 1.82) is 0 Å². The van der Waals surface area contributed by atoms with Crippen LogP contribution in [-0.2, 0) is 9.53 Å². The van der Waals surface area contributed by atoms with Crippen molar-refractivity contribution in [2.45, 2.75) is 51.3 Å². The Kier molecular flexibility index (Phi) is 6.33. The summed E-state index contributed by atoms with van der Waals surface area (Å²) in [6.07, 6.45) is -15.3. The molecule has 2 atom stereocenters. The van der Waals surface area contributed by atoms with Gasteiger partial charge in [-0.3, -0.25) is 4.79 Å². The zero-order valence-electron chi connectivity index (χ0n) is 11.4. The molecule has 2 nitrogen and oxygen atoms in total. The summed E-state index contributed by atoms with van der Waals surface area (Å²) in [5.74, 6) is -1.46. The van der Waals surface area contributed by atoms with Gasteiger partial charge in [-0.2, -0.15) is 26.3 Å². The number of alkyl halides is 6. The third kappa shape index (κ3) is 6.77. The van der Waals surface area contributed by atoms with E-state index in [1.54, 1.807) is 20.8 Å². The van der Waals surface area contributed by atoms with Gasteiger partial charge in [0.2, 0.25) is 0 Å². The van der Waals surface area contributed by atoms with Crippen LogP contribution < -0.4 is 0 Å². The van der Waals surface area contributed by atoms with E-state index in [1.165, 1.54) is 6.66 Å². The van der Waals surface area contributed by atoms with E-state index in [4.69, 9.17) is 0 Å². The van der Waals surface area contributed by atoms with Gasteiger partial charge in [0.1, 0.15) is 0 Å². The maximum absolute atomic E-state index is 12.3. The quantitative estimate of drug-likeness (QED) is 0.441. The molecule has 20 heavy (non-hydrogen) atoms. The summed E-state index contributed by atoms with van der Waals surface area (Å²) in [6, 6.07) is 0. The fraction of sp³-hybridized carbons (Fsp3) is 0.909. The Hall–Kier alpha value is -0.520. The van der Waals surface area contributed by atoms with Crippen LogP contribution >= 0.6 is 8.58 Å². The summed E-state index contributed by atoms with van der Waals surface area (Å²) < 4.78 is 77.4. The molecule has 2 unspecified atom stereocenters. The third-order valence-corrected chi connectivity index (χ3v) is 3.41. The molecule has 0 amide bonds. The molecular weight excluding hydrogens is 309 g/mol. The van der Waals surface area contributed by atoms with Gasteiger partial charge >= 0.3 is 18.3 Å². The second-order valence-electron chi connectivity index (χ2n) is 5.51. The number of hydrogen-bond donors (Lipinski definition) is 0. The smallest absolute Gasteiger partial charge is 0.434 e. The molecule has 9 heteroatoms. The number of esters is 1. The summed E-state index contributed by atoms with van der Waals surface area (Å²) in [7, 11) is -0.140. The van der Waals surface area contributed by atoms with Gasteiger partial charge in [-0.15, -0.1) is 8.58 Å². The fourth-order valence-electron chi connectivity index (χ4n) is 1.43. The van der Waals surface area contributed by atoms with Gasteiger partial charge in [0, 0.05) is 0 Å². The molecule has 0 aliphatic carbocycles. The van der Waals surface area contributed by atoms with Crippen molar-refractivity contribution in [2.75, 3.05) is 6.66 Å². The molecule has 0 N–H and O–H groups in total. The van der Waals surface area contributed by atoms with Crippen molar-refractivity contribution in [3.05, 3.63) is 0 Å². The van der Waals surface area contributed by atoms with Gasteiger partial charge < -0.3 is 4.74 Å². The molecule has 0 fully saturated rings. The molecule has 0 heterocycles. The van der Waals surface area contributed by atoms with E-state index in [2.05, 4.69) is 4.74 Å². The number of rotatable bonds is 4. The number of carbonyl (C=O) groups is 1. The molecule has 0 aromatic heterocycles. The van der Waals surface area contributed by atoms with E-state index in [0.29, 0.717) is 0 Å². The maximum Gasteiger partial charge on any atom is 0.434 e. The number of carbonyl (C=O) groups excluding carboxylic acids is 1. The van der Waals surface area contributed by atoms with Crippen LogP contribution in [0.5, 0.6) is 0 Å². The van der Waals surface area contributed by atoms with Crippen LogP contribution in [0.1, 0.15) is 27.2 Å². The molecule has 0 aromatic carbocycles. The number of halogens is 6. The van der Waals surface area contributed by atoms with Crippen LogP contribution in [0.2, 0.25) is 0 Å². The lowest BCUT2D eigenvalue weighted by Crippen LogP contribution is -2.47. The molecule has 120 valence electrons. The normalized spacial score (nSPS) is 15.9. The summed E-state index contributed by atoms with van der Waals surface area (Å²) in [6.45, 7) is 6.74. The molecular formula is C11H17F6O2P. The maximum atomic E-state index is 12.3. The second-order valence-corrected chi connectivity index (χ2v) is 6.78. The Labute approximate surface area is 115 Å². The number of ether oxygens (including phenoxy) is 1. The van der Waals surface area contributed by atoms with Crippen molar-refractivity contribution in [2.24, 2.45) is 5.41 Å². The predicted octanol–water partition coefficient (Wildman–Crippen LogP) is 4.14. The van der Waals surface area contributed by atoms with E-state index in [-0.39, 0.29) is 15.0 Å². The van der Waals surface area contributed by atoms with Gasteiger partial charge in [0.25, 0.3) is 6.10 Å². The third-order valence-electron chi connectivity index (χ3n) is 2.28. The highest BCUT2D eigenvalue weighted by Gasteiger charge is 2.60. The van der Waals surface area contributed by atoms with Gasteiger partial charge in [-0.05, 0) is 18.5 Å². The highest BCUT2D eigenvalue weighted by molar-refractivity contribution is 7.39. The summed E-state index contributed by atoms with van der Waals surface area (Å²) in [4.78, 5) is 11.5. The van der Waals surface area contributed by atoms with E-state index < -0.39 is 35.5 Å². The molecule has 0 radical (unpaired) electrons. The largest absolute Gasteiger partial charge is 0.442 e. The lowest BCUT2D eigenvalue weighted by atomic mass is 9.90. The van der Waals surface area contributed by atoms with E-state index in [9.17, 15) is 31.1 Å². The average Bonchev–Trinajstić information content (AvgIpc) is 2.17. The molecule has 0 aliphatic heterocycles. The highest BCUT2D eigenvalue weighted by Crippen LogP contribution is 2.37.